The van der Waals surface area contributed by atoms with Crippen LogP contribution in [0, 0.1) is 0 Å². The maximum Gasteiger partial charge on any atom is 0.266 e. The molecular formula is C27H34ClN3O2. The van der Waals surface area contributed by atoms with Gasteiger partial charge in [0.25, 0.3) is 5.56 Å². The van der Waals surface area contributed by atoms with Gasteiger partial charge in [-0.25, -0.2) is 4.98 Å². The molecule has 0 saturated carbocycles. The van der Waals surface area contributed by atoms with Crippen LogP contribution >= 0.6 is 11.6 Å². The number of nitrogens with zero attached hydrogens (tertiary/aromatic N) is 3. The van der Waals surface area contributed by atoms with Crippen LogP contribution in [0.2, 0.25) is 5.02 Å². The zero-order valence-electron chi connectivity index (χ0n) is 19.9. The number of para-hydroxylation sites is 2. The number of carbonyl (C=O) groups is 1. The molecule has 1 aromatic heterocycles. The minimum absolute atomic E-state index is 0.111. The normalized spacial score (nSPS) is 12.1. The van der Waals surface area contributed by atoms with E-state index in [0.717, 1.165) is 38.5 Å². The number of halogens is 1. The van der Waals surface area contributed by atoms with E-state index in [2.05, 4.69) is 13.8 Å². The van der Waals surface area contributed by atoms with Crippen LogP contribution in [-0.2, 0) is 4.79 Å². The van der Waals surface area contributed by atoms with Crippen molar-refractivity contribution in [3.05, 3.63) is 69.7 Å². The van der Waals surface area contributed by atoms with Crippen molar-refractivity contribution in [2.75, 3.05) is 6.54 Å². The molecule has 0 fully saturated rings. The molecular weight excluding hydrogens is 434 g/mol. The Balaban J connectivity index is 2.13. The fourth-order valence-corrected chi connectivity index (χ4v) is 4.39. The van der Waals surface area contributed by atoms with Crippen LogP contribution in [0.4, 0.5) is 0 Å². The predicted octanol–water partition coefficient (Wildman–Crippen LogP) is 6.70. The predicted molar refractivity (Wildman–Crippen MR) is 136 cm³/mol. The second-order valence-corrected chi connectivity index (χ2v) is 8.91. The molecule has 2 aromatic carbocycles. The highest BCUT2D eigenvalue weighted by Crippen LogP contribution is 2.27. The second-order valence-electron chi connectivity index (χ2n) is 8.51. The fraction of sp³-hybridized carbons (Fsp3) is 0.444. The third kappa shape index (κ3) is 5.83. The zero-order chi connectivity index (χ0) is 23.8. The van der Waals surface area contributed by atoms with Gasteiger partial charge in [-0.3, -0.25) is 14.2 Å². The van der Waals surface area contributed by atoms with Gasteiger partial charge in [-0.05, 0) is 44.0 Å². The van der Waals surface area contributed by atoms with Gasteiger partial charge in [0.15, 0.2) is 0 Å². The molecule has 0 aliphatic rings. The highest BCUT2D eigenvalue weighted by molar-refractivity contribution is 6.32. The molecule has 3 aromatic rings. The lowest BCUT2D eigenvalue weighted by atomic mass is 10.1. The van der Waals surface area contributed by atoms with Gasteiger partial charge in [-0.2, -0.15) is 0 Å². The van der Waals surface area contributed by atoms with Crippen LogP contribution in [0.25, 0.3) is 16.6 Å². The van der Waals surface area contributed by atoms with E-state index in [9.17, 15) is 9.59 Å². The lowest BCUT2D eigenvalue weighted by Gasteiger charge is -2.31. The minimum atomic E-state index is -0.371. The molecule has 3 rings (SSSR count). The number of rotatable bonds is 11. The topological polar surface area (TPSA) is 55.2 Å². The maximum atomic E-state index is 13.6. The molecule has 1 amide bonds. The highest BCUT2D eigenvalue weighted by atomic mass is 35.5. The third-order valence-electron chi connectivity index (χ3n) is 6.05. The van der Waals surface area contributed by atoms with Gasteiger partial charge in [-0.15, -0.1) is 0 Å². The van der Waals surface area contributed by atoms with Crippen LogP contribution in [0.5, 0.6) is 0 Å². The summed E-state index contributed by atoms with van der Waals surface area (Å²) in [6, 6.07) is 14.2. The monoisotopic (exact) mass is 467 g/mol. The average molecular weight is 468 g/mol. The van der Waals surface area contributed by atoms with E-state index < -0.39 is 0 Å². The van der Waals surface area contributed by atoms with Gasteiger partial charge >= 0.3 is 0 Å². The van der Waals surface area contributed by atoms with Gasteiger partial charge in [0.05, 0.1) is 27.7 Å². The van der Waals surface area contributed by atoms with Gasteiger partial charge in [0.1, 0.15) is 5.82 Å². The molecule has 1 heterocycles. The molecule has 0 radical (unpaired) electrons. The summed E-state index contributed by atoms with van der Waals surface area (Å²) in [5.41, 5.74) is 1.03. The smallest absolute Gasteiger partial charge is 0.266 e. The van der Waals surface area contributed by atoms with E-state index >= 15 is 0 Å². The zero-order valence-corrected chi connectivity index (χ0v) is 20.6. The number of fused-ring (bicyclic) bond motifs is 1. The van der Waals surface area contributed by atoms with E-state index in [1.807, 2.05) is 48.2 Å². The molecule has 0 aliphatic carbocycles. The van der Waals surface area contributed by atoms with E-state index in [0.29, 0.717) is 40.4 Å². The number of carbonyl (C=O) groups excluding carboxylic acids is 1. The van der Waals surface area contributed by atoms with Gasteiger partial charge in [0, 0.05) is 13.0 Å². The number of hydrogen-bond donors (Lipinski definition) is 0. The van der Waals surface area contributed by atoms with E-state index in [4.69, 9.17) is 16.6 Å². The van der Waals surface area contributed by atoms with Crippen molar-refractivity contribution in [2.24, 2.45) is 0 Å². The van der Waals surface area contributed by atoms with Crippen LogP contribution in [0.15, 0.2) is 53.3 Å². The summed E-state index contributed by atoms with van der Waals surface area (Å²) in [4.78, 5) is 33.7. The third-order valence-corrected chi connectivity index (χ3v) is 6.37. The summed E-state index contributed by atoms with van der Waals surface area (Å²) in [6.45, 7) is 6.89. The number of aromatic nitrogens is 2. The van der Waals surface area contributed by atoms with Gasteiger partial charge < -0.3 is 4.90 Å². The molecule has 1 atom stereocenters. The molecule has 0 bridgehead atoms. The highest BCUT2D eigenvalue weighted by Gasteiger charge is 2.26. The summed E-state index contributed by atoms with van der Waals surface area (Å²) in [7, 11) is 0. The summed E-state index contributed by atoms with van der Waals surface area (Å²) in [6.07, 6.45) is 6.52. The standard InChI is InChI=1S/C27H34ClN3O2/c1-4-6-8-18-25(32)30(19-13-7-5-2)20(3)26-29-23-16-11-9-14-21(23)27(33)31(26)24-17-12-10-15-22(24)28/h9-12,14-17,20H,4-8,13,18-19H2,1-3H3. The van der Waals surface area contributed by atoms with Crippen molar-refractivity contribution in [3.8, 4) is 5.69 Å². The summed E-state index contributed by atoms with van der Waals surface area (Å²) < 4.78 is 1.58. The summed E-state index contributed by atoms with van der Waals surface area (Å²) >= 11 is 6.52. The molecule has 6 heteroatoms. The van der Waals surface area contributed by atoms with Crippen LogP contribution in [0.3, 0.4) is 0 Å². The first kappa shape index (κ1) is 25.0. The van der Waals surface area contributed by atoms with Gasteiger partial charge in [-0.1, -0.05) is 75.4 Å². The van der Waals surface area contributed by atoms with Crippen molar-refractivity contribution in [1.29, 1.82) is 0 Å². The van der Waals surface area contributed by atoms with E-state index in [-0.39, 0.29) is 17.5 Å². The van der Waals surface area contributed by atoms with Crippen molar-refractivity contribution < 1.29 is 4.79 Å². The number of benzene rings is 2. The Morgan fingerprint density at radius 1 is 1.00 bits per heavy atom. The Labute approximate surface area is 201 Å². The molecule has 0 saturated heterocycles. The Bertz CT molecular complexity index is 1140. The Morgan fingerprint density at radius 3 is 2.39 bits per heavy atom. The van der Waals surface area contributed by atoms with Crippen molar-refractivity contribution in [1.82, 2.24) is 14.5 Å². The Morgan fingerprint density at radius 2 is 1.67 bits per heavy atom. The summed E-state index contributed by atoms with van der Waals surface area (Å²) in [5, 5.41) is 0.997. The number of amides is 1. The molecule has 0 aliphatic heterocycles. The first-order valence-corrected chi connectivity index (χ1v) is 12.4. The van der Waals surface area contributed by atoms with Gasteiger partial charge in [0.2, 0.25) is 5.91 Å². The SMILES string of the molecule is CCCCCC(=O)N(CCCCC)C(C)c1nc2ccccc2c(=O)n1-c1ccccc1Cl. The molecule has 0 N–H and O–H groups in total. The summed E-state index contributed by atoms with van der Waals surface area (Å²) in [5.74, 6) is 0.646. The molecule has 5 nitrogen and oxygen atoms in total. The van der Waals surface area contributed by atoms with E-state index in [1.54, 1.807) is 16.7 Å². The average Bonchev–Trinajstić information content (AvgIpc) is 2.82. The Kier molecular flexibility index (Phi) is 9.07. The maximum absolute atomic E-state index is 13.6. The van der Waals surface area contributed by atoms with Crippen LogP contribution in [0.1, 0.15) is 77.6 Å². The molecule has 33 heavy (non-hydrogen) atoms. The lowest BCUT2D eigenvalue weighted by Crippen LogP contribution is -2.38. The lowest BCUT2D eigenvalue weighted by molar-refractivity contribution is -0.133. The van der Waals surface area contributed by atoms with Crippen molar-refractivity contribution in [3.63, 3.8) is 0 Å². The fourth-order valence-electron chi connectivity index (χ4n) is 4.17. The largest absolute Gasteiger partial charge is 0.333 e. The second kappa shape index (κ2) is 12.0. The van der Waals surface area contributed by atoms with Crippen LogP contribution in [-0.4, -0.2) is 26.9 Å². The van der Waals surface area contributed by atoms with E-state index in [1.165, 1.54) is 0 Å². The van der Waals surface area contributed by atoms with Crippen molar-refractivity contribution >= 4 is 28.4 Å². The van der Waals surface area contributed by atoms with Crippen molar-refractivity contribution in [2.45, 2.75) is 71.8 Å². The van der Waals surface area contributed by atoms with Crippen LogP contribution < -0.4 is 5.56 Å². The Hall–Kier alpha value is -2.66. The molecule has 176 valence electrons. The molecule has 1 unspecified atom stereocenters. The molecule has 0 spiro atoms. The minimum Gasteiger partial charge on any atom is -0.333 e. The first-order valence-electron chi connectivity index (χ1n) is 12.1. The number of hydrogen-bond acceptors (Lipinski definition) is 3. The first-order chi connectivity index (χ1) is 16.0. The number of unbranched alkanes of at least 4 members (excludes halogenated alkanes) is 4. The quantitative estimate of drug-likeness (QED) is 0.295.